The highest BCUT2D eigenvalue weighted by Crippen LogP contribution is 2.37. The van der Waals surface area contributed by atoms with Crippen molar-refractivity contribution in [2.75, 3.05) is 24.5 Å². The lowest BCUT2D eigenvalue weighted by Gasteiger charge is -2.36. The number of piperazine rings is 1. The smallest absolute Gasteiger partial charge is 0.416 e. The second-order valence-corrected chi connectivity index (χ2v) is 5.08. The number of benzene rings is 1. The van der Waals surface area contributed by atoms with E-state index in [1.54, 1.807) is 6.07 Å². The topological polar surface area (TPSA) is 28.4 Å². The van der Waals surface area contributed by atoms with Crippen LogP contribution in [0.5, 0.6) is 0 Å². The van der Waals surface area contributed by atoms with Crippen molar-refractivity contribution in [2.24, 2.45) is 0 Å². The molecule has 0 aliphatic carbocycles. The molecule has 1 fully saturated rings. The van der Waals surface area contributed by atoms with Crippen molar-refractivity contribution in [2.45, 2.75) is 19.1 Å². The lowest BCUT2D eigenvalue weighted by molar-refractivity contribution is -0.137. The van der Waals surface area contributed by atoms with Crippen molar-refractivity contribution in [3.63, 3.8) is 0 Å². The number of furan rings is 1. The molecule has 20 heavy (non-hydrogen) atoms. The fourth-order valence-corrected chi connectivity index (χ4v) is 2.64. The van der Waals surface area contributed by atoms with Gasteiger partial charge in [0, 0.05) is 31.1 Å². The zero-order chi connectivity index (χ0) is 14.3. The third kappa shape index (κ3) is 2.24. The van der Waals surface area contributed by atoms with Crippen molar-refractivity contribution >= 4 is 16.7 Å². The van der Waals surface area contributed by atoms with Gasteiger partial charge in [-0.2, -0.15) is 13.2 Å². The first-order chi connectivity index (χ1) is 9.47. The molecule has 1 N–H and O–H groups in total. The number of hydrogen-bond donors (Lipinski definition) is 1. The number of nitrogens with zero attached hydrogens (tertiary/aromatic N) is 1. The molecule has 1 aliphatic rings. The molecular weight excluding hydrogens is 269 g/mol. The van der Waals surface area contributed by atoms with Crippen LogP contribution in [-0.2, 0) is 6.18 Å². The number of hydrogen-bond acceptors (Lipinski definition) is 3. The fraction of sp³-hybridized carbons (Fsp3) is 0.429. The van der Waals surface area contributed by atoms with Crippen molar-refractivity contribution in [3.8, 4) is 0 Å². The molecule has 0 bridgehead atoms. The Labute approximate surface area is 114 Å². The van der Waals surface area contributed by atoms with Crippen LogP contribution in [0.4, 0.5) is 18.9 Å². The average molecular weight is 284 g/mol. The standard InChI is InChI=1S/C14H15F3N2O/c1-9-8-18-3-4-19(9)12-7-11(14(15,16)17)6-10-2-5-20-13(10)12/h2,5-7,9,18H,3-4,8H2,1H3. The molecule has 0 saturated carbocycles. The molecule has 0 radical (unpaired) electrons. The van der Waals surface area contributed by atoms with Gasteiger partial charge in [0.2, 0.25) is 0 Å². The van der Waals surface area contributed by atoms with Gasteiger partial charge in [-0.15, -0.1) is 0 Å². The summed E-state index contributed by atoms with van der Waals surface area (Å²) in [6.07, 6.45) is -2.92. The van der Waals surface area contributed by atoms with Crippen LogP contribution in [0.3, 0.4) is 0 Å². The van der Waals surface area contributed by atoms with Crippen LogP contribution in [0.15, 0.2) is 28.9 Å². The zero-order valence-corrected chi connectivity index (χ0v) is 11.0. The van der Waals surface area contributed by atoms with Gasteiger partial charge >= 0.3 is 6.18 Å². The molecule has 1 atom stereocenters. The maximum atomic E-state index is 13.0. The van der Waals surface area contributed by atoms with Gasteiger partial charge in [0.05, 0.1) is 17.5 Å². The summed E-state index contributed by atoms with van der Waals surface area (Å²) in [6.45, 7) is 4.15. The highest BCUT2D eigenvalue weighted by atomic mass is 19.4. The van der Waals surface area contributed by atoms with Gasteiger partial charge in [-0.3, -0.25) is 0 Å². The molecule has 1 aliphatic heterocycles. The predicted molar refractivity (Wildman–Crippen MR) is 70.9 cm³/mol. The molecule has 0 spiro atoms. The summed E-state index contributed by atoms with van der Waals surface area (Å²) in [7, 11) is 0. The van der Waals surface area contributed by atoms with Crippen molar-refractivity contribution in [3.05, 3.63) is 30.0 Å². The van der Waals surface area contributed by atoms with E-state index in [1.807, 2.05) is 11.8 Å². The first-order valence-electron chi connectivity index (χ1n) is 6.52. The summed E-state index contributed by atoms with van der Waals surface area (Å²) in [5, 5.41) is 3.71. The van der Waals surface area contributed by atoms with E-state index in [9.17, 15) is 13.2 Å². The Morgan fingerprint density at radius 3 is 2.85 bits per heavy atom. The number of fused-ring (bicyclic) bond motifs is 1. The van der Waals surface area contributed by atoms with E-state index < -0.39 is 11.7 Å². The number of anilines is 1. The highest BCUT2D eigenvalue weighted by molar-refractivity contribution is 5.90. The molecule has 1 unspecified atom stereocenters. The lowest BCUT2D eigenvalue weighted by Crippen LogP contribution is -2.50. The molecule has 3 rings (SSSR count). The second kappa shape index (κ2) is 4.70. The molecule has 0 amide bonds. The summed E-state index contributed by atoms with van der Waals surface area (Å²) in [4.78, 5) is 1.97. The molecule has 108 valence electrons. The Hall–Kier alpha value is -1.69. The van der Waals surface area contributed by atoms with Crippen molar-refractivity contribution in [1.82, 2.24) is 5.32 Å². The van der Waals surface area contributed by atoms with Gasteiger partial charge in [-0.25, -0.2) is 0 Å². The van der Waals surface area contributed by atoms with Crippen LogP contribution >= 0.6 is 0 Å². The van der Waals surface area contributed by atoms with E-state index in [0.29, 0.717) is 23.2 Å². The Kier molecular flexibility index (Phi) is 3.12. The van der Waals surface area contributed by atoms with Crippen molar-refractivity contribution in [1.29, 1.82) is 0 Å². The van der Waals surface area contributed by atoms with E-state index >= 15 is 0 Å². The Morgan fingerprint density at radius 1 is 1.35 bits per heavy atom. The molecule has 2 aromatic rings. The summed E-state index contributed by atoms with van der Waals surface area (Å²) < 4.78 is 44.4. The fourth-order valence-electron chi connectivity index (χ4n) is 2.64. The van der Waals surface area contributed by atoms with Crippen LogP contribution in [0.2, 0.25) is 0 Å². The Morgan fingerprint density at radius 2 is 2.15 bits per heavy atom. The van der Waals surface area contributed by atoms with Crippen molar-refractivity contribution < 1.29 is 17.6 Å². The van der Waals surface area contributed by atoms with Gasteiger partial charge in [0.15, 0.2) is 5.58 Å². The van der Waals surface area contributed by atoms with Crippen LogP contribution in [-0.4, -0.2) is 25.7 Å². The SMILES string of the molecule is CC1CNCCN1c1cc(C(F)(F)F)cc2ccoc12. The summed E-state index contributed by atoms with van der Waals surface area (Å²) >= 11 is 0. The largest absolute Gasteiger partial charge is 0.462 e. The predicted octanol–water partition coefficient (Wildman–Crippen LogP) is 3.25. The Balaban J connectivity index is 2.14. The number of nitrogens with one attached hydrogen (secondary N) is 1. The van der Waals surface area contributed by atoms with Crippen LogP contribution in [0, 0.1) is 0 Å². The summed E-state index contributed by atoms with van der Waals surface area (Å²) in [6, 6.07) is 4.02. The first kappa shape index (κ1) is 13.3. The first-order valence-corrected chi connectivity index (χ1v) is 6.52. The van der Waals surface area contributed by atoms with Gasteiger partial charge in [0.1, 0.15) is 0 Å². The number of rotatable bonds is 1. The minimum Gasteiger partial charge on any atom is -0.462 e. The average Bonchev–Trinajstić information content (AvgIpc) is 2.85. The maximum absolute atomic E-state index is 13.0. The molecular formula is C14H15F3N2O. The van der Waals surface area contributed by atoms with E-state index in [1.165, 1.54) is 12.3 Å². The molecule has 1 aromatic heterocycles. The summed E-state index contributed by atoms with van der Waals surface area (Å²) in [5.41, 5.74) is 0.410. The van der Waals surface area contributed by atoms with E-state index in [4.69, 9.17) is 4.42 Å². The molecule has 3 nitrogen and oxygen atoms in total. The Bertz CT molecular complexity index is 620. The molecule has 1 aromatic carbocycles. The van der Waals surface area contributed by atoms with Gasteiger partial charge < -0.3 is 14.6 Å². The van der Waals surface area contributed by atoms with Crippen LogP contribution in [0.1, 0.15) is 12.5 Å². The monoisotopic (exact) mass is 284 g/mol. The molecule has 2 heterocycles. The normalized spacial score (nSPS) is 20.6. The molecule has 1 saturated heterocycles. The van der Waals surface area contributed by atoms with E-state index in [0.717, 1.165) is 19.2 Å². The van der Waals surface area contributed by atoms with Gasteiger partial charge in [-0.05, 0) is 25.1 Å². The number of halogens is 3. The van der Waals surface area contributed by atoms with Crippen LogP contribution in [0.25, 0.3) is 11.0 Å². The van der Waals surface area contributed by atoms with Gasteiger partial charge in [-0.1, -0.05) is 0 Å². The quantitative estimate of drug-likeness (QED) is 0.871. The van der Waals surface area contributed by atoms with Gasteiger partial charge in [0.25, 0.3) is 0 Å². The summed E-state index contributed by atoms with van der Waals surface area (Å²) in [5.74, 6) is 0. The zero-order valence-electron chi connectivity index (χ0n) is 11.0. The molecule has 6 heteroatoms. The minimum atomic E-state index is -4.35. The minimum absolute atomic E-state index is 0.125. The third-order valence-corrected chi connectivity index (χ3v) is 3.67. The number of alkyl halides is 3. The van der Waals surface area contributed by atoms with E-state index in [-0.39, 0.29) is 6.04 Å². The third-order valence-electron chi connectivity index (χ3n) is 3.67. The second-order valence-electron chi connectivity index (χ2n) is 5.08. The van der Waals surface area contributed by atoms with E-state index in [2.05, 4.69) is 5.32 Å². The van der Waals surface area contributed by atoms with Crippen LogP contribution < -0.4 is 10.2 Å². The lowest BCUT2D eigenvalue weighted by atomic mass is 10.1. The maximum Gasteiger partial charge on any atom is 0.416 e. The highest BCUT2D eigenvalue weighted by Gasteiger charge is 2.33.